The lowest BCUT2D eigenvalue weighted by atomic mass is 10.2. The predicted octanol–water partition coefficient (Wildman–Crippen LogP) is 3.84. The fourth-order valence-corrected chi connectivity index (χ4v) is 3.91. The monoisotopic (exact) mass is 426 g/mol. The Hall–Kier alpha value is -2.06. The van der Waals surface area contributed by atoms with Gasteiger partial charge in [-0.15, -0.1) is 0 Å². The van der Waals surface area contributed by atoms with Crippen LogP contribution in [0.2, 0.25) is 5.02 Å². The van der Waals surface area contributed by atoms with Crippen LogP contribution >= 0.6 is 11.6 Å². The molecule has 1 aliphatic heterocycles. The lowest BCUT2D eigenvalue weighted by Crippen LogP contribution is -2.49. The zero-order chi connectivity index (χ0) is 20.5. The number of aromatic nitrogens is 2. The second kappa shape index (κ2) is 8.36. The largest absolute Gasteiger partial charge is 0.339 e. The summed E-state index contributed by atoms with van der Waals surface area (Å²) in [6.07, 6.45) is -0.753. The van der Waals surface area contributed by atoms with Gasteiger partial charge in [-0.05, 0) is 31.0 Å². The van der Waals surface area contributed by atoms with Gasteiger partial charge in [0.2, 0.25) is 5.91 Å². The van der Waals surface area contributed by atoms with E-state index in [1.54, 1.807) is 17.0 Å². The predicted molar refractivity (Wildman–Crippen MR) is 102 cm³/mol. The lowest BCUT2D eigenvalue weighted by molar-refractivity contribution is -0.133. The summed E-state index contributed by atoms with van der Waals surface area (Å²) in [4.78, 5) is 16.4. The quantitative estimate of drug-likeness (QED) is 0.705. The van der Waals surface area contributed by atoms with Gasteiger partial charge in [0.25, 0.3) is 6.43 Å². The van der Waals surface area contributed by atoms with Crippen LogP contribution in [0.5, 0.6) is 0 Å². The van der Waals surface area contributed by atoms with Gasteiger partial charge >= 0.3 is 0 Å². The number of carbonyl (C=O) groups excluding carboxylic acids is 1. The first-order chi connectivity index (χ1) is 13.9. The van der Waals surface area contributed by atoms with Crippen LogP contribution < -0.4 is 0 Å². The molecule has 0 spiro atoms. The molecule has 2 fully saturated rings. The van der Waals surface area contributed by atoms with Crippen molar-refractivity contribution >= 4 is 17.5 Å². The van der Waals surface area contributed by atoms with Crippen molar-refractivity contribution in [1.29, 1.82) is 0 Å². The van der Waals surface area contributed by atoms with Crippen molar-refractivity contribution in [2.45, 2.75) is 38.3 Å². The number of hydrogen-bond donors (Lipinski definition) is 0. The maximum absolute atomic E-state index is 14.0. The van der Waals surface area contributed by atoms with Gasteiger partial charge < -0.3 is 4.90 Å². The maximum Gasteiger partial charge on any atom is 0.282 e. The highest BCUT2D eigenvalue weighted by Gasteiger charge is 2.31. The summed E-state index contributed by atoms with van der Waals surface area (Å²) in [6, 6.07) is 6.04. The molecule has 2 aromatic rings. The minimum atomic E-state index is -2.64. The molecule has 4 rings (SSSR count). The molecule has 1 aromatic carbocycles. The summed E-state index contributed by atoms with van der Waals surface area (Å²) in [6.45, 7) is 2.52. The summed E-state index contributed by atoms with van der Waals surface area (Å²) in [5.74, 6) is -0.248. The molecule has 1 saturated heterocycles. The SMILES string of the molecule is O=C(Cn1nc(C(F)F)cc1C1CC1)N1CCN(Cc2c(F)cccc2Cl)CC1. The first-order valence-corrected chi connectivity index (χ1v) is 10.1. The molecule has 29 heavy (non-hydrogen) atoms. The first kappa shape index (κ1) is 20.2. The summed E-state index contributed by atoms with van der Waals surface area (Å²) in [7, 11) is 0. The smallest absolute Gasteiger partial charge is 0.282 e. The number of nitrogens with zero attached hydrogens (tertiary/aromatic N) is 4. The van der Waals surface area contributed by atoms with Crippen LogP contribution in [0.1, 0.15) is 42.1 Å². The molecular weight excluding hydrogens is 405 g/mol. The van der Waals surface area contributed by atoms with Gasteiger partial charge in [0.15, 0.2) is 0 Å². The molecule has 0 N–H and O–H groups in total. The number of halogens is 4. The highest BCUT2D eigenvalue weighted by Crippen LogP contribution is 2.41. The lowest BCUT2D eigenvalue weighted by Gasteiger charge is -2.35. The van der Waals surface area contributed by atoms with E-state index in [9.17, 15) is 18.0 Å². The van der Waals surface area contributed by atoms with Gasteiger partial charge in [0, 0.05) is 54.9 Å². The summed E-state index contributed by atoms with van der Waals surface area (Å²) in [5, 5.41) is 4.34. The average Bonchev–Trinajstić information content (AvgIpc) is 3.45. The molecule has 9 heteroatoms. The Balaban J connectivity index is 1.35. The number of carbonyl (C=O) groups is 1. The van der Waals surface area contributed by atoms with Crippen LogP contribution in [0.15, 0.2) is 24.3 Å². The topological polar surface area (TPSA) is 41.4 Å². The Morgan fingerprint density at radius 1 is 1.21 bits per heavy atom. The van der Waals surface area contributed by atoms with Crippen molar-refractivity contribution in [2.75, 3.05) is 26.2 Å². The Bertz CT molecular complexity index is 872. The Morgan fingerprint density at radius 3 is 2.55 bits per heavy atom. The van der Waals surface area contributed by atoms with E-state index in [-0.39, 0.29) is 29.9 Å². The van der Waals surface area contributed by atoms with Gasteiger partial charge in [-0.1, -0.05) is 17.7 Å². The molecule has 1 saturated carbocycles. The van der Waals surface area contributed by atoms with Crippen LogP contribution in [-0.4, -0.2) is 51.7 Å². The highest BCUT2D eigenvalue weighted by atomic mass is 35.5. The molecule has 2 heterocycles. The first-order valence-electron chi connectivity index (χ1n) is 9.71. The van der Waals surface area contributed by atoms with E-state index in [1.807, 2.05) is 4.90 Å². The number of rotatable bonds is 6. The average molecular weight is 427 g/mol. The van der Waals surface area contributed by atoms with Gasteiger partial charge in [-0.2, -0.15) is 5.10 Å². The molecule has 0 unspecified atom stereocenters. The van der Waals surface area contributed by atoms with Crippen LogP contribution in [0.3, 0.4) is 0 Å². The molecule has 0 atom stereocenters. The van der Waals surface area contributed by atoms with Crippen LogP contribution in [0, 0.1) is 5.82 Å². The van der Waals surface area contributed by atoms with Crippen LogP contribution in [-0.2, 0) is 17.9 Å². The summed E-state index contributed by atoms with van der Waals surface area (Å²) >= 11 is 6.09. The van der Waals surface area contributed by atoms with E-state index in [0.717, 1.165) is 18.5 Å². The molecule has 156 valence electrons. The zero-order valence-corrected chi connectivity index (χ0v) is 16.6. The number of benzene rings is 1. The van der Waals surface area contributed by atoms with Gasteiger partial charge in [0.1, 0.15) is 18.1 Å². The zero-order valence-electron chi connectivity index (χ0n) is 15.8. The minimum absolute atomic E-state index is 0.0301. The van der Waals surface area contributed by atoms with E-state index in [0.29, 0.717) is 43.3 Å². The maximum atomic E-state index is 14.0. The molecule has 1 amide bonds. The van der Waals surface area contributed by atoms with E-state index >= 15 is 0 Å². The van der Waals surface area contributed by atoms with Gasteiger partial charge in [-0.25, -0.2) is 13.2 Å². The van der Waals surface area contributed by atoms with Crippen molar-refractivity contribution in [3.05, 3.63) is 52.1 Å². The van der Waals surface area contributed by atoms with Crippen LogP contribution in [0.4, 0.5) is 13.2 Å². The molecule has 1 aliphatic carbocycles. The highest BCUT2D eigenvalue weighted by molar-refractivity contribution is 6.31. The fourth-order valence-electron chi connectivity index (χ4n) is 3.68. The standard InChI is InChI=1S/C20H22ClF3N4O/c21-15-2-1-3-16(22)14(15)11-26-6-8-27(9-7-26)19(29)12-28-18(13-4-5-13)10-17(25-28)20(23)24/h1-3,10,13,20H,4-9,11-12H2. The molecular formula is C20H22ClF3N4O. The molecule has 0 bridgehead atoms. The number of amides is 1. The third-order valence-corrected chi connectivity index (χ3v) is 5.86. The fraction of sp³-hybridized carbons (Fsp3) is 0.500. The van der Waals surface area contributed by atoms with Crippen molar-refractivity contribution in [3.63, 3.8) is 0 Å². The van der Waals surface area contributed by atoms with Crippen molar-refractivity contribution in [3.8, 4) is 0 Å². The number of hydrogen-bond acceptors (Lipinski definition) is 3. The number of piperazine rings is 1. The van der Waals surface area contributed by atoms with E-state index in [2.05, 4.69) is 5.10 Å². The third-order valence-electron chi connectivity index (χ3n) is 5.50. The normalized spacial score (nSPS) is 17.9. The molecule has 1 aromatic heterocycles. The molecule has 5 nitrogen and oxygen atoms in total. The summed E-state index contributed by atoms with van der Waals surface area (Å²) < 4.78 is 41.4. The van der Waals surface area contributed by atoms with Gasteiger partial charge in [0.05, 0.1) is 0 Å². The van der Waals surface area contributed by atoms with Crippen molar-refractivity contribution in [1.82, 2.24) is 19.6 Å². The number of alkyl halides is 2. The van der Waals surface area contributed by atoms with Gasteiger partial charge in [-0.3, -0.25) is 14.4 Å². The van der Waals surface area contributed by atoms with E-state index in [1.165, 1.54) is 16.8 Å². The Labute approximate surface area is 172 Å². The third kappa shape index (κ3) is 4.59. The second-order valence-electron chi connectivity index (χ2n) is 7.58. The van der Waals surface area contributed by atoms with Crippen LogP contribution in [0.25, 0.3) is 0 Å². The van der Waals surface area contributed by atoms with Crippen molar-refractivity contribution < 1.29 is 18.0 Å². The van der Waals surface area contributed by atoms with E-state index in [4.69, 9.17) is 11.6 Å². The van der Waals surface area contributed by atoms with E-state index < -0.39 is 6.43 Å². The Kier molecular flexibility index (Phi) is 5.83. The molecule has 0 radical (unpaired) electrons. The summed E-state index contributed by atoms with van der Waals surface area (Å²) in [5.41, 5.74) is 0.909. The second-order valence-corrected chi connectivity index (χ2v) is 7.99. The minimum Gasteiger partial charge on any atom is -0.339 e. The Morgan fingerprint density at radius 2 is 1.93 bits per heavy atom. The van der Waals surface area contributed by atoms with Crippen molar-refractivity contribution in [2.24, 2.45) is 0 Å². The molecule has 2 aliphatic rings.